The zero-order chi connectivity index (χ0) is 23.4. The molecular formula is C24H28N2O5S2. The molecule has 0 saturated carbocycles. The molecule has 0 unspecified atom stereocenters. The van der Waals surface area contributed by atoms with Crippen LogP contribution in [0.1, 0.15) is 24.1 Å². The van der Waals surface area contributed by atoms with Crippen LogP contribution in [-0.4, -0.2) is 53.1 Å². The van der Waals surface area contributed by atoms with Gasteiger partial charge in [-0.3, -0.25) is 0 Å². The first-order chi connectivity index (χ1) is 16.0. The average molecular weight is 489 g/mol. The number of anilines is 1. The Bertz CT molecular complexity index is 1200. The minimum Gasteiger partial charge on any atom is -0.496 e. The quantitative estimate of drug-likeness (QED) is 0.470. The molecule has 1 saturated heterocycles. The summed E-state index contributed by atoms with van der Waals surface area (Å²) >= 11 is 1.60. The number of hydrogen-bond acceptors (Lipinski definition) is 8. The zero-order valence-electron chi connectivity index (χ0n) is 19.0. The number of aromatic nitrogens is 1. The number of thiazole rings is 1. The molecule has 176 valence electrons. The molecule has 0 aliphatic carbocycles. The van der Waals surface area contributed by atoms with Crippen LogP contribution in [0.25, 0.3) is 0 Å². The minimum absolute atomic E-state index is 0.270. The second-order valence-corrected chi connectivity index (χ2v) is 10.9. The number of ether oxygens (including phenoxy) is 3. The Labute approximate surface area is 198 Å². The highest BCUT2D eigenvalue weighted by molar-refractivity contribution is 7.92. The van der Waals surface area contributed by atoms with Crippen molar-refractivity contribution in [2.45, 2.75) is 29.4 Å². The molecule has 2 aromatic carbocycles. The predicted octanol–water partition coefficient (Wildman–Crippen LogP) is 4.20. The Hall–Kier alpha value is -2.78. The largest absolute Gasteiger partial charge is 0.496 e. The van der Waals surface area contributed by atoms with E-state index in [1.165, 1.54) is 14.2 Å². The summed E-state index contributed by atoms with van der Waals surface area (Å²) in [5, 5.41) is 2.57. The van der Waals surface area contributed by atoms with Crippen molar-refractivity contribution in [3.05, 3.63) is 59.1 Å². The number of nitrogens with zero attached hydrogens (tertiary/aromatic N) is 2. The van der Waals surface area contributed by atoms with E-state index in [0.717, 1.165) is 22.1 Å². The Morgan fingerprint density at radius 1 is 0.970 bits per heavy atom. The average Bonchev–Trinajstić information content (AvgIpc) is 3.32. The van der Waals surface area contributed by atoms with Gasteiger partial charge in [-0.1, -0.05) is 18.2 Å². The maximum atomic E-state index is 13.2. The molecule has 4 rings (SSSR count). The lowest BCUT2D eigenvalue weighted by atomic mass is 10.1. The number of sulfone groups is 1. The SMILES string of the molecule is COc1ccccc1Cc1csc(N2CCC(S(=O)(=O)c3ccc(OC)c(OC)c3)CC2)n1. The lowest BCUT2D eigenvalue weighted by Crippen LogP contribution is -2.39. The van der Waals surface area contributed by atoms with Crippen LogP contribution < -0.4 is 19.1 Å². The summed E-state index contributed by atoms with van der Waals surface area (Å²) in [6.45, 7) is 1.30. The van der Waals surface area contributed by atoms with Crippen molar-refractivity contribution in [2.75, 3.05) is 39.3 Å². The van der Waals surface area contributed by atoms with Crippen molar-refractivity contribution in [1.82, 2.24) is 4.98 Å². The Morgan fingerprint density at radius 3 is 2.36 bits per heavy atom. The predicted molar refractivity (Wildman–Crippen MR) is 130 cm³/mol. The van der Waals surface area contributed by atoms with E-state index in [2.05, 4.69) is 10.3 Å². The summed E-state index contributed by atoms with van der Waals surface area (Å²) in [5.74, 6) is 1.79. The standard InChI is InChI=1S/C24H28N2O5S2/c1-29-21-7-5-4-6-17(21)14-18-16-32-24(25-18)26-12-10-19(11-13-26)33(27,28)20-8-9-22(30-2)23(15-20)31-3/h4-9,15-16,19H,10-14H2,1-3H3. The van der Waals surface area contributed by atoms with Crippen LogP contribution in [-0.2, 0) is 16.3 Å². The number of rotatable bonds is 8. The van der Waals surface area contributed by atoms with E-state index in [1.54, 1.807) is 36.6 Å². The van der Waals surface area contributed by atoms with Gasteiger partial charge in [0, 0.05) is 36.5 Å². The number of benzene rings is 2. The monoisotopic (exact) mass is 488 g/mol. The highest BCUT2D eigenvalue weighted by Crippen LogP contribution is 2.34. The number of piperidine rings is 1. The number of para-hydroxylation sites is 1. The smallest absolute Gasteiger partial charge is 0.185 e. The normalized spacial score (nSPS) is 14.8. The first-order valence-electron chi connectivity index (χ1n) is 10.7. The zero-order valence-corrected chi connectivity index (χ0v) is 20.6. The highest BCUT2D eigenvalue weighted by Gasteiger charge is 2.32. The fraction of sp³-hybridized carbons (Fsp3) is 0.375. The van der Waals surface area contributed by atoms with E-state index in [-0.39, 0.29) is 4.90 Å². The van der Waals surface area contributed by atoms with Crippen LogP contribution in [0.5, 0.6) is 17.2 Å². The fourth-order valence-corrected chi connectivity index (χ4v) is 6.73. The van der Waals surface area contributed by atoms with E-state index in [0.29, 0.717) is 43.9 Å². The second-order valence-electron chi connectivity index (χ2n) is 7.86. The van der Waals surface area contributed by atoms with Gasteiger partial charge in [-0.15, -0.1) is 11.3 Å². The van der Waals surface area contributed by atoms with Crippen molar-refractivity contribution in [1.29, 1.82) is 0 Å². The summed E-state index contributed by atoms with van der Waals surface area (Å²) in [7, 11) is 1.24. The van der Waals surface area contributed by atoms with Crippen LogP contribution in [0, 0.1) is 0 Å². The maximum absolute atomic E-state index is 13.2. The first kappa shape index (κ1) is 23.4. The van der Waals surface area contributed by atoms with Gasteiger partial charge in [-0.25, -0.2) is 13.4 Å². The van der Waals surface area contributed by atoms with Crippen molar-refractivity contribution in [3.8, 4) is 17.2 Å². The molecule has 1 fully saturated rings. The molecular weight excluding hydrogens is 460 g/mol. The third-order valence-corrected chi connectivity index (χ3v) is 9.15. The molecule has 0 radical (unpaired) electrons. The molecule has 0 amide bonds. The van der Waals surface area contributed by atoms with E-state index < -0.39 is 15.1 Å². The lowest BCUT2D eigenvalue weighted by molar-refractivity contribution is 0.354. The maximum Gasteiger partial charge on any atom is 0.185 e. The molecule has 33 heavy (non-hydrogen) atoms. The Balaban J connectivity index is 1.42. The molecule has 1 aliphatic heterocycles. The summed E-state index contributed by atoms with van der Waals surface area (Å²) in [5.41, 5.74) is 2.08. The molecule has 1 aromatic heterocycles. The highest BCUT2D eigenvalue weighted by atomic mass is 32.2. The van der Waals surface area contributed by atoms with Gasteiger partial charge in [0.2, 0.25) is 0 Å². The van der Waals surface area contributed by atoms with Crippen LogP contribution in [0.15, 0.2) is 52.7 Å². The first-order valence-corrected chi connectivity index (χ1v) is 13.2. The fourth-order valence-electron chi connectivity index (χ4n) is 4.11. The van der Waals surface area contributed by atoms with E-state index in [9.17, 15) is 8.42 Å². The van der Waals surface area contributed by atoms with Gasteiger partial charge >= 0.3 is 0 Å². The van der Waals surface area contributed by atoms with Gasteiger partial charge < -0.3 is 19.1 Å². The Kier molecular flexibility index (Phi) is 7.09. The summed E-state index contributed by atoms with van der Waals surface area (Å²) < 4.78 is 42.4. The molecule has 1 aliphatic rings. The van der Waals surface area contributed by atoms with Gasteiger partial charge in [0.1, 0.15) is 5.75 Å². The van der Waals surface area contributed by atoms with Crippen molar-refractivity contribution >= 4 is 26.3 Å². The van der Waals surface area contributed by atoms with Crippen molar-refractivity contribution in [3.63, 3.8) is 0 Å². The third kappa shape index (κ3) is 4.94. The van der Waals surface area contributed by atoms with Crippen LogP contribution >= 0.6 is 11.3 Å². The number of hydrogen-bond donors (Lipinski definition) is 0. The summed E-state index contributed by atoms with van der Waals surface area (Å²) in [4.78, 5) is 7.25. The van der Waals surface area contributed by atoms with Crippen LogP contribution in [0.2, 0.25) is 0 Å². The lowest BCUT2D eigenvalue weighted by Gasteiger charge is -2.31. The van der Waals surface area contributed by atoms with Crippen molar-refractivity contribution in [2.24, 2.45) is 0 Å². The van der Waals surface area contributed by atoms with Gasteiger partial charge in [-0.2, -0.15) is 0 Å². The minimum atomic E-state index is -3.46. The van der Waals surface area contributed by atoms with Gasteiger partial charge in [-0.05, 0) is 31.0 Å². The molecule has 7 nitrogen and oxygen atoms in total. The van der Waals surface area contributed by atoms with Crippen LogP contribution in [0.4, 0.5) is 5.13 Å². The third-order valence-electron chi connectivity index (χ3n) is 5.94. The van der Waals surface area contributed by atoms with Crippen LogP contribution in [0.3, 0.4) is 0 Å². The summed E-state index contributed by atoms with van der Waals surface area (Å²) in [6, 6.07) is 12.7. The molecule has 9 heteroatoms. The van der Waals surface area contributed by atoms with Crippen molar-refractivity contribution < 1.29 is 22.6 Å². The van der Waals surface area contributed by atoms with Gasteiger partial charge in [0.15, 0.2) is 26.5 Å². The molecule has 0 bridgehead atoms. The van der Waals surface area contributed by atoms with E-state index in [4.69, 9.17) is 19.2 Å². The molecule has 3 aromatic rings. The number of methoxy groups -OCH3 is 3. The molecule has 0 spiro atoms. The topological polar surface area (TPSA) is 78.0 Å². The van der Waals surface area contributed by atoms with Gasteiger partial charge in [0.05, 0.1) is 37.2 Å². The molecule has 0 atom stereocenters. The summed E-state index contributed by atoms with van der Waals surface area (Å²) in [6.07, 6.45) is 1.81. The molecule has 2 heterocycles. The van der Waals surface area contributed by atoms with E-state index >= 15 is 0 Å². The van der Waals surface area contributed by atoms with Gasteiger partial charge in [0.25, 0.3) is 0 Å². The second kappa shape index (κ2) is 10.0. The molecule has 0 N–H and O–H groups in total. The van der Waals surface area contributed by atoms with E-state index in [1.807, 2.05) is 24.3 Å². The Morgan fingerprint density at radius 2 is 1.67 bits per heavy atom.